The number of nitro benzene ring substituents is 1. The van der Waals surface area contributed by atoms with Crippen molar-refractivity contribution in [3.05, 3.63) is 81.4 Å². The van der Waals surface area contributed by atoms with Crippen LogP contribution in [0.25, 0.3) is 6.08 Å². The molecule has 0 radical (unpaired) electrons. The number of hydrogen-bond acceptors (Lipinski definition) is 4. The highest BCUT2D eigenvalue weighted by molar-refractivity contribution is 5.98. The minimum atomic E-state index is -0.518. The third kappa shape index (κ3) is 4.51. The second-order valence-electron chi connectivity index (χ2n) is 4.94. The smallest absolute Gasteiger partial charge is 0.268 e. The largest absolute Gasteiger partial charge is 0.269 e. The van der Waals surface area contributed by atoms with Crippen LogP contribution in [0.5, 0.6) is 0 Å². The van der Waals surface area contributed by atoms with Crippen molar-refractivity contribution in [3.8, 4) is 0 Å². The predicted octanol–water partition coefficient (Wildman–Crippen LogP) is 2.38. The summed E-state index contributed by atoms with van der Waals surface area (Å²) in [6, 6.07) is 12.7. The van der Waals surface area contributed by atoms with Crippen molar-refractivity contribution in [2.75, 3.05) is 0 Å². The van der Waals surface area contributed by atoms with Crippen LogP contribution in [-0.4, -0.2) is 16.7 Å². The lowest BCUT2D eigenvalue weighted by molar-refractivity contribution is -0.384. The number of amides is 2. The average molecular weight is 325 g/mol. The summed E-state index contributed by atoms with van der Waals surface area (Å²) in [4.78, 5) is 33.7. The number of nitrogens with zero attached hydrogens (tertiary/aromatic N) is 1. The van der Waals surface area contributed by atoms with Gasteiger partial charge in [0.2, 0.25) is 0 Å². The Morgan fingerprint density at radius 1 is 1.04 bits per heavy atom. The average Bonchev–Trinajstić information content (AvgIpc) is 2.58. The minimum absolute atomic E-state index is 0.0258. The van der Waals surface area contributed by atoms with Crippen molar-refractivity contribution in [2.24, 2.45) is 0 Å². The number of carbonyl (C=O) groups excluding carboxylic acids is 2. The van der Waals surface area contributed by atoms with Gasteiger partial charge in [0.05, 0.1) is 4.92 Å². The molecule has 2 rings (SSSR count). The van der Waals surface area contributed by atoms with Crippen molar-refractivity contribution >= 4 is 23.6 Å². The Balaban J connectivity index is 1.90. The van der Waals surface area contributed by atoms with E-state index in [1.807, 2.05) is 6.07 Å². The van der Waals surface area contributed by atoms with Gasteiger partial charge in [0.1, 0.15) is 0 Å². The van der Waals surface area contributed by atoms with E-state index in [0.717, 1.165) is 5.56 Å². The van der Waals surface area contributed by atoms with Gasteiger partial charge in [-0.1, -0.05) is 18.2 Å². The third-order valence-corrected chi connectivity index (χ3v) is 3.22. The van der Waals surface area contributed by atoms with E-state index in [-0.39, 0.29) is 5.69 Å². The van der Waals surface area contributed by atoms with E-state index < -0.39 is 16.7 Å². The van der Waals surface area contributed by atoms with Gasteiger partial charge in [-0.3, -0.25) is 30.6 Å². The molecule has 0 aliphatic carbocycles. The van der Waals surface area contributed by atoms with Gasteiger partial charge < -0.3 is 0 Å². The fraction of sp³-hybridized carbons (Fsp3) is 0.0588. The molecule has 7 nitrogen and oxygen atoms in total. The Morgan fingerprint density at radius 2 is 1.71 bits per heavy atom. The number of nitro groups is 1. The van der Waals surface area contributed by atoms with Crippen molar-refractivity contribution in [1.82, 2.24) is 10.9 Å². The molecule has 0 spiro atoms. The standard InChI is InChI=1S/C17H15N3O4/c1-12-4-2-3-5-15(12)17(22)19-18-16(21)11-8-13-6-9-14(10-7-13)20(23)24/h2-11H,1H3,(H,18,21)(H,19,22)/b11-8+. The zero-order valence-corrected chi connectivity index (χ0v) is 12.9. The van der Waals surface area contributed by atoms with Gasteiger partial charge in [-0.15, -0.1) is 0 Å². The summed E-state index contributed by atoms with van der Waals surface area (Å²) in [5.74, 6) is -0.930. The number of carbonyl (C=O) groups is 2. The van der Waals surface area contributed by atoms with Crippen LogP contribution >= 0.6 is 0 Å². The maximum atomic E-state index is 11.9. The molecule has 2 aromatic carbocycles. The van der Waals surface area contributed by atoms with Crippen molar-refractivity contribution in [3.63, 3.8) is 0 Å². The van der Waals surface area contributed by atoms with Crippen LogP contribution in [0.4, 0.5) is 5.69 Å². The molecule has 0 aliphatic rings. The van der Waals surface area contributed by atoms with E-state index in [2.05, 4.69) is 10.9 Å². The zero-order valence-electron chi connectivity index (χ0n) is 12.9. The van der Waals surface area contributed by atoms with Gasteiger partial charge in [-0.2, -0.15) is 0 Å². The molecule has 0 heterocycles. The summed E-state index contributed by atoms with van der Waals surface area (Å²) in [6.45, 7) is 1.80. The highest BCUT2D eigenvalue weighted by Crippen LogP contribution is 2.12. The fourth-order valence-electron chi connectivity index (χ4n) is 1.93. The molecular weight excluding hydrogens is 310 g/mol. The summed E-state index contributed by atoms with van der Waals surface area (Å²) < 4.78 is 0. The molecule has 0 aliphatic heterocycles. The van der Waals surface area contributed by atoms with E-state index in [4.69, 9.17) is 0 Å². The number of nitrogens with one attached hydrogen (secondary N) is 2. The van der Waals surface area contributed by atoms with E-state index >= 15 is 0 Å². The van der Waals surface area contributed by atoms with Crippen LogP contribution in [0.3, 0.4) is 0 Å². The van der Waals surface area contributed by atoms with Gasteiger partial charge in [0.15, 0.2) is 0 Å². The number of hydrazine groups is 1. The minimum Gasteiger partial charge on any atom is -0.268 e. The normalized spacial score (nSPS) is 10.4. The first-order chi connectivity index (χ1) is 11.5. The number of hydrogen-bond donors (Lipinski definition) is 2. The van der Waals surface area contributed by atoms with Crippen LogP contribution in [-0.2, 0) is 4.79 Å². The Bertz CT molecular complexity index is 798. The molecule has 122 valence electrons. The Kier molecular flexibility index (Phi) is 5.40. The van der Waals surface area contributed by atoms with Gasteiger partial charge >= 0.3 is 0 Å². The molecule has 0 bridgehead atoms. The first kappa shape index (κ1) is 16.9. The molecule has 0 atom stereocenters. The summed E-state index contributed by atoms with van der Waals surface area (Å²) in [5.41, 5.74) is 6.46. The van der Waals surface area contributed by atoms with Crippen LogP contribution in [0, 0.1) is 17.0 Å². The van der Waals surface area contributed by atoms with Crippen LogP contribution in [0.15, 0.2) is 54.6 Å². The summed E-state index contributed by atoms with van der Waals surface area (Å²) in [6.07, 6.45) is 2.71. The van der Waals surface area contributed by atoms with E-state index in [0.29, 0.717) is 11.1 Å². The third-order valence-electron chi connectivity index (χ3n) is 3.22. The number of non-ortho nitro benzene ring substituents is 1. The molecule has 0 saturated heterocycles. The Morgan fingerprint density at radius 3 is 2.33 bits per heavy atom. The molecule has 0 saturated carbocycles. The quantitative estimate of drug-likeness (QED) is 0.512. The van der Waals surface area contributed by atoms with Gasteiger partial charge in [0.25, 0.3) is 17.5 Å². The number of rotatable bonds is 4. The van der Waals surface area contributed by atoms with Crippen LogP contribution in [0.2, 0.25) is 0 Å². The van der Waals surface area contributed by atoms with Crippen LogP contribution in [0.1, 0.15) is 21.5 Å². The molecule has 2 N–H and O–H groups in total. The lowest BCUT2D eigenvalue weighted by atomic mass is 10.1. The SMILES string of the molecule is Cc1ccccc1C(=O)NNC(=O)/C=C/c1ccc([N+](=O)[O-])cc1. The summed E-state index contributed by atoms with van der Waals surface area (Å²) in [5, 5.41) is 10.6. The zero-order chi connectivity index (χ0) is 17.5. The molecule has 0 aromatic heterocycles. The number of benzene rings is 2. The van der Waals surface area contributed by atoms with Crippen molar-refractivity contribution in [2.45, 2.75) is 6.92 Å². The lowest BCUT2D eigenvalue weighted by Gasteiger charge is -2.07. The van der Waals surface area contributed by atoms with Crippen molar-refractivity contribution in [1.29, 1.82) is 0 Å². The van der Waals surface area contributed by atoms with E-state index in [1.54, 1.807) is 25.1 Å². The Labute approximate surface area is 138 Å². The highest BCUT2D eigenvalue weighted by atomic mass is 16.6. The van der Waals surface area contributed by atoms with Gasteiger partial charge in [0, 0.05) is 23.8 Å². The van der Waals surface area contributed by atoms with Gasteiger partial charge in [-0.05, 0) is 42.3 Å². The van der Waals surface area contributed by atoms with E-state index in [1.165, 1.54) is 36.4 Å². The maximum Gasteiger partial charge on any atom is 0.269 e. The van der Waals surface area contributed by atoms with Crippen LogP contribution < -0.4 is 10.9 Å². The molecular formula is C17H15N3O4. The predicted molar refractivity (Wildman–Crippen MR) is 88.9 cm³/mol. The highest BCUT2D eigenvalue weighted by Gasteiger charge is 2.08. The molecule has 2 aromatic rings. The fourth-order valence-corrected chi connectivity index (χ4v) is 1.93. The topological polar surface area (TPSA) is 101 Å². The molecule has 2 amide bonds. The summed E-state index contributed by atoms with van der Waals surface area (Å²) >= 11 is 0. The second kappa shape index (κ2) is 7.68. The second-order valence-corrected chi connectivity index (χ2v) is 4.94. The summed E-state index contributed by atoms with van der Waals surface area (Å²) in [7, 11) is 0. The first-order valence-corrected chi connectivity index (χ1v) is 7.06. The number of aryl methyl sites for hydroxylation is 1. The Hall–Kier alpha value is -3.48. The molecule has 7 heteroatoms. The van der Waals surface area contributed by atoms with Crippen molar-refractivity contribution < 1.29 is 14.5 Å². The monoisotopic (exact) mass is 325 g/mol. The maximum absolute atomic E-state index is 11.9. The van der Waals surface area contributed by atoms with E-state index in [9.17, 15) is 19.7 Å². The first-order valence-electron chi connectivity index (χ1n) is 7.06. The van der Waals surface area contributed by atoms with Gasteiger partial charge in [-0.25, -0.2) is 0 Å². The molecule has 24 heavy (non-hydrogen) atoms. The lowest BCUT2D eigenvalue weighted by Crippen LogP contribution is -2.41. The molecule has 0 unspecified atom stereocenters. The molecule has 0 fully saturated rings.